The monoisotopic (exact) mass is 556 g/mol. The summed E-state index contributed by atoms with van der Waals surface area (Å²) in [6.07, 6.45) is 8.57. The maximum Gasteiger partial charge on any atom is 0.255 e. The van der Waals surface area contributed by atoms with E-state index in [4.69, 9.17) is 11.0 Å². The number of amides is 3. The standard InChI is InChI=1S/C32H40N6O3/c33-21-22-6-8-23(9-7-22)30(39)36-28-20-25(31(40)35-27-13-11-26(34)12-14-27)10-15-29(28)37-16-3-17-38(19-18-37)32(41)24-4-1-2-5-24/h6-10,15,20,24,26-27H,1-5,11-14,16-19,34H2,(H,35,40)(H,36,39). The van der Waals surface area contributed by atoms with Crippen molar-refractivity contribution >= 4 is 29.1 Å². The number of rotatable bonds is 6. The molecule has 2 saturated carbocycles. The number of carbonyl (C=O) groups is 3. The number of nitrogens with zero attached hydrogens (tertiary/aromatic N) is 3. The Morgan fingerprint density at radius 1 is 0.805 bits per heavy atom. The second-order valence-electron chi connectivity index (χ2n) is 11.6. The molecule has 3 aliphatic rings. The number of carbonyl (C=O) groups excluding carboxylic acids is 3. The van der Waals surface area contributed by atoms with E-state index >= 15 is 0 Å². The lowest BCUT2D eigenvalue weighted by Crippen LogP contribution is -2.40. The Bertz CT molecular complexity index is 1290. The van der Waals surface area contributed by atoms with Gasteiger partial charge in [0.2, 0.25) is 5.91 Å². The first-order chi connectivity index (χ1) is 19.9. The van der Waals surface area contributed by atoms with Crippen molar-refractivity contribution < 1.29 is 14.4 Å². The van der Waals surface area contributed by atoms with E-state index in [0.717, 1.165) is 76.6 Å². The normalized spacial score (nSPS) is 21.6. The summed E-state index contributed by atoms with van der Waals surface area (Å²) < 4.78 is 0. The fraction of sp³-hybridized carbons (Fsp3) is 0.500. The first-order valence-corrected chi connectivity index (χ1v) is 15.0. The average Bonchev–Trinajstić information content (AvgIpc) is 3.43. The lowest BCUT2D eigenvalue weighted by Gasteiger charge is -2.28. The quantitative estimate of drug-likeness (QED) is 0.492. The Morgan fingerprint density at radius 2 is 1.51 bits per heavy atom. The SMILES string of the molecule is N#Cc1ccc(C(=O)Nc2cc(C(=O)NC3CCC(N)CC3)ccc2N2CCCN(C(=O)C3CCCC3)CC2)cc1. The van der Waals surface area contributed by atoms with Gasteiger partial charge in [-0.3, -0.25) is 14.4 Å². The van der Waals surface area contributed by atoms with Gasteiger partial charge in [-0.05, 0) is 87.4 Å². The molecular weight excluding hydrogens is 516 g/mol. The van der Waals surface area contributed by atoms with E-state index < -0.39 is 0 Å². The molecule has 9 heteroatoms. The molecule has 3 amide bonds. The van der Waals surface area contributed by atoms with Crippen LogP contribution in [0.25, 0.3) is 0 Å². The Balaban J connectivity index is 1.35. The molecule has 0 aromatic heterocycles. The van der Waals surface area contributed by atoms with Gasteiger partial charge < -0.3 is 26.2 Å². The maximum absolute atomic E-state index is 13.3. The molecule has 5 rings (SSSR count). The zero-order valence-corrected chi connectivity index (χ0v) is 23.6. The van der Waals surface area contributed by atoms with Gasteiger partial charge >= 0.3 is 0 Å². The summed E-state index contributed by atoms with van der Waals surface area (Å²) in [6, 6.07) is 14.3. The third-order valence-electron chi connectivity index (χ3n) is 8.74. The van der Waals surface area contributed by atoms with Gasteiger partial charge in [-0.15, -0.1) is 0 Å². The highest BCUT2D eigenvalue weighted by Gasteiger charge is 2.29. The Labute approximate surface area is 242 Å². The molecule has 4 N–H and O–H groups in total. The van der Waals surface area contributed by atoms with Crippen LogP contribution in [0, 0.1) is 17.2 Å². The van der Waals surface area contributed by atoms with E-state index in [1.807, 2.05) is 17.0 Å². The number of benzene rings is 2. The summed E-state index contributed by atoms with van der Waals surface area (Å²) in [6.45, 7) is 2.74. The lowest BCUT2D eigenvalue weighted by molar-refractivity contribution is -0.135. The van der Waals surface area contributed by atoms with Crippen LogP contribution in [0.3, 0.4) is 0 Å². The Morgan fingerprint density at radius 3 is 2.22 bits per heavy atom. The van der Waals surface area contributed by atoms with Crippen LogP contribution < -0.4 is 21.3 Å². The third kappa shape index (κ3) is 7.06. The second-order valence-corrected chi connectivity index (χ2v) is 11.6. The fourth-order valence-electron chi connectivity index (χ4n) is 6.29. The summed E-state index contributed by atoms with van der Waals surface area (Å²) in [5, 5.41) is 15.3. The minimum atomic E-state index is -0.317. The minimum absolute atomic E-state index is 0.0904. The van der Waals surface area contributed by atoms with Crippen LogP contribution in [0.5, 0.6) is 0 Å². The molecule has 0 unspecified atom stereocenters. The molecule has 0 bridgehead atoms. The maximum atomic E-state index is 13.3. The van der Waals surface area contributed by atoms with Crippen LogP contribution in [0.2, 0.25) is 0 Å². The number of nitrogens with one attached hydrogen (secondary N) is 2. The molecular formula is C32H40N6O3. The summed E-state index contributed by atoms with van der Waals surface area (Å²) in [7, 11) is 0. The molecule has 1 saturated heterocycles. The van der Waals surface area contributed by atoms with Crippen molar-refractivity contribution in [1.29, 1.82) is 5.26 Å². The highest BCUT2D eigenvalue weighted by atomic mass is 16.2. The van der Waals surface area contributed by atoms with Crippen molar-refractivity contribution in [3.05, 3.63) is 59.2 Å². The molecule has 0 radical (unpaired) electrons. The largest absolute Gasteiger partial charge is 0.368 e. The van der Waals surface area contributed by atoms with Gasteiger partial charge in [0.1, 0.15) is 0 Å². The molecule has 0 atom stereocenters. The van der Waals surface area contributed by atoms with Gasteiger partial charge in [0, 0.05) is 55.3 Å². The molecule has 2 aliphatic carbocycles. The first-order valence-electron chi connectivity index (χ1n) is 15.0. The van der Waals surface area contributed by atoms with Crippen LogP contribution in [-0.4, -0.2) is 60.9 Å². The molecule has 2 aromatic rings. The fourth-order valence-corrected chi connectivity index (χ4v) is 6.29. The van der Waals surface area contributed by atoms with Gasteiger partial charge in [0.25, 0.3) is 11.8 Å². The van der Waals surface area contributed by atoms with Crippen LogP contribution in [0.4, 0.5) is 11.4 Å². The predicted molar refractivity (Wildman–Crippen MR) is 159 cm³/mol. The summed E-state index contributed by atoms with van der Waals surface area (Å²) in [4.78, 5) is 43.8. The molecule has 3 fully saturated rings. The van der Waals surface area contributed by atoms with Gasteiger partial charge in [-0.25, -0.2) is 0 Å². The smallest absolute Gasteiger partial charge is 0.255 e. The van der Waals surface area contributed by atoms with Crippen LogP contribution in [-0.2, 0) is 4.79 Å². The zero-order valence-electron chi connectivity index (χ0n) is 23.6. The van der Waals surface area contributed by atoms with Gasteiger partial charge in [-0.1, -0.05) is 12.8 Å². The molecule has 41 heavy (non-hydrogen) atoms. The summed E-state index contributed by atoms with van der Waals surface area (Å²) in [5.41, 5.74) is 8.78. The molecule has 1 heterocycles. The average molecular weight is 557 g/mol. The van der Waals surface area contributed by atoms with E-state index in [9.17, 15) is 14.4 Å². The number of anilines is 2. The number of nitrogens with two attached hydrogens (primary N) is 1. The Hall–Kier alpha value is -3.90. The lowest BCUT2D eigenvalue weighted by atomic mass is 9.91. The predicted octanol–water partition coefficient (Wildman–Crippen LogP) is 4.04. The number of nitriles is 1. The van der Waals surface area contributed by atoms with E-state index in [2.05, 4.69) is 21.6 Å². The highest BCUT2D eigenvalue weighted by molar-refractivity contribution is 6.07. The second kappa shape index (κ2) is 13.2. The zero-order chi connectivity index (χ0) is 28.8. The van der Waals surface area contributed by atoms with Crippen molar-refractivity contribution in [3.8, 4) is 6.07 Å². The van der Waals surface area contributed by atoms with Crippen molar-refractivity contribution in [2.75, 3.05) is 36.4 Å². The third-order valence-corrected chi connectivity index (χ3v) is 8.74. The van der Waals surface area contributed by atoms with Crippen molar-refractivity contribution in [1.82, 2.24) is 10.2 Å². The summed E-state index contributed by atoms with van der Waals surface area (Å²) in [5.74, 6) is -0.0616. The molecule has 0 spiro atoms. The number of hydrogen-bond acceptors (Lipinski definition) is 6. The van der Waals surface area contributed by atoms with Gasteiger partial charge in [0.15, 0.2) is 0 Å². The van der Waals surface area contributed by atoms with E-state index in [0.29, 0.717) is 35.5 Å². The number of hydrogen-bond donors (Lipinski definition) is 3. The van der Waals surface area contributed by atoms with Gasteiger partial charge in [-0.2, -0.15) is 5.26 Å². The van der Waals surface area contributed by atoms with E-state index in [1.165, 1.54) is 0 Å². The van der Waals surface area contributed by atoms with Gasteiger partial charge in [0.05, 0.1) is 23.0 Å². The summed E-state index contributed by atoms with van der Waals surface area (Å²) >= 11 is 0. The van der Waals surface area contributed by atoms with E-state index in [1.54, 1.807) is 30.3 Å². The first kappa shape index (κ1) is 28.6. The molecule has 216 valence electrons. The van der Waals surface area contributed by atoms with Crippen molar-refractivity contribution in [2.45, 2.75) is 69.9 Å². The highest BCUT2D eigenvalue weighted by Crippen LogP contribution is 2.31. The molecule has 9 nitrogen and oxygen atoms in total. The Kier molecular flexibility index (Phi) is 9.20. The minimum Gasteiger partial charge on any atom is -0.368 e. The van der Waals surface area contributed by atoms with Crippen molar-refractivity contribution in [2.24, 2.45) is 11.7 Å². The molecule has 1 aliphatic heterocycles. The van der Waals surface area contributed by atoms with Crippen LogP contribution >= 0.6 is 0 Å². The molecule has 2 aromatic carbocycles. The topological polar surface area (TPSA) is 132 Å². The van der Waals surface area contributed by atoms with Crippen LogP contribution in [0.1, 0.15) is 84.1 Å². The van der Waals surface area contributed by atoms with Crippen LogP contribution in [0.15, 0.2) is 42.5 Å². The van der Waals surface area contributed by atoms with Crippen molar-refractivity contribution in [3.63, 3.8) is 0 Å². The van der Waals surface area contributed by atoms with E-state index in [-0.39, 0.29) is 35.7 Å².